The first-order chi connectivity index (χ1) is 16.1. The summed E-state index contributed by atoms with van der Waals surface area (Å²) in [6.45, 7) is 0.954. The number of carboxylic acids is 1. The predicted octanol–water partition coefficient (Wildman–Crippen LogP) is 5.25. The molecule has 6 heteroatoms. The van der Waals surface area contributed by atoms with Crippen LogP contribution in [0.25, 0.3) is 21.8 Å². The molecule has 0 saturated heterocycles. The molecule has 168 valence electrons. The first-order valence-electron chi connectivity index (χ1n) is 11.3. The van der Waals surface area contributed by atoms with Crippen molar-refractivity contribution in [1.82, 2.24) is 4.57 Å². The fraction of sp³-hybridized carbons (Fsp3) is 0.259. The Balaban J connectivity index is 1.20. The third kappa shape index (κ3) is 4.16. The van der Waals surface area contributed by atoms with Crippen molar-refractivity contribution in [1.29, 1.82) is 0 Å². The monoisotopic (exact) mass is 443 g/mol. The van der Waals surface area contributed by atoms with Gasteiger partial charge in [0.1, 0.15) is 18.0 Å². The van der Waals surface area contributed by atoms with Crippen molar-refractivity contribution >= 4 is 33.6 Å². The Morgan fingerprint density at radius 2 is 1.67 bits per heavy atom. The van der Waals surface area contributed by atoms with E-state index in [1.54, 1.807) is 0 Å². The molecule has 1 aromatic heterocycles. The molecule has 0 spiro atoms. The van der Waals surface area contributed by atoms with E-state index < -0.39 is 5.97 Å². The first kappa shape index (κ1) is 21.1. The summed E-state index contributed by atoms with van der Waals surface area (Å²) in [6.07, 6.45) is 2.98. The lowest BCUT2D eigenvalue weighted by Crippen LogP contribution is -2.08. The van der Waals surface area contributed by atoms with Gasteiger partial charge in [0, 0.05) is 28.8 Å². The molecule has 33 heavy (non-hydrogen) atoms. The highest BCUT2D eigenvalue weighted by atomic mass is 16.5. The largest absolute Gasteiger partial charge is 0.494 e. The number of nitrogens with zero attached hydrogens (tertiary/aromatic N) is 1. The van der Waals surface area contributed by atoms with Crippen molar-refractivity contribution in [3.8, 4) is 11.5 Å². The summed E-state index contributed by atoms with van der Waals surface area (Å²) >= 11 is 0. The Bertz CT molecular complexity index is 1350. The number of carboxylic acid groups (broad SMARTS) is 1. The number of fused-ring (bicyclic) bond motifs is 4. The van der Waals surface area contributed by atoms with Gasteiger partial charge in [0.05, 0.1) is 24.3 Å². The van der Waals surface area contributed by atoms with E-state index in [2.05, 4.69) is 0 Å². The van der Waals surface area contributed by atoms with Gasteiger partial charge in [-0.2, -0.15) is 0 Å². The molecule has 0 bridgehead atoms. The Kier molecular flexibility index (Phi) is 5.73. The van der Waals surface area contributed by atoms with Gasteiger partial charge in [-0.1, -0.05) is 30.3 Å². The van der Waals surface area contributed by atoms with Gasteiger partial charge in [-0.25, -0.2) is 0 Å². The first-order valence-corrected chi connectivity index (χ1v) is 11.3. The van der Waals surface area contributed by atoms with Gasteiger partial charge in [-0.05, 0) is 49.1 Å². The zero-order chi connectivity index (χ0) is 22.8. The lowest BCUT2D eigenvalue weighted by molar-refractivity contribution is -0.137. The maximum absolute atomic E-state index is 12.1. The van der Waals surface area contributed by atoms with Gasteiger partial charge in [0.15, 0.2) is 5.78 Å². The van der Waals surface area contributed by atoms with Crippen molar-refractivity contribution in [3.63, 3.8) is 0 Å². The van der Waals surface area contributed by atoms with Crippen molar-refractivity contribution < 1.29 is 24.2 Å². The number of rotatable bonds is 9. The molecule has 0 amide bonds. The molecule has 0 saturated carbocycles. The minimum Gasteiger partial charge on any atom is -0.494 e. The second kappa shape index (κ2) is 8.98. The summed E-state index contributed by atoms with van der Waals surface area (Å²) < 4.78 is 13.6. The standard InChI is InChI=1S/C27H25NO5/c29-24-13-10-18-6-5-9-25(27(18)24)33-15-4-3-14-32-19-11-12-21-20-7-1-2-8-22(20)28(17-26(30)31)23(21)16-19/h1-2,5-9,11-12,16H,3-4,10,13-15,17H2,(H,30,31). The fourth-order valence-corrected chi connectivity index (χ4v) is 4.60. The molecule has 1 heterocycles. The number of carbonyl (C=O) groups excluding carboxylic acids is 1. The smallest absolute Gasteiger partial charge is 0.323 e. The molecule has 1 aliphatic carbocycles. The molecule has 0 aliphatic heterocycles. The number of ether oxygens (including phenoxy) is 2. The molecule has 5 rings (SSSR count). The zero-order valence-electron chi connectivity index (χ0n) is 18.3. The Morgan fingerprint density at radius 3 is 2.52 bits per heavy atom. The number of ketones is 1. The molecule has 0 fully saturated rings. The normalized spacial score (nSPS) is 12.9. The summed E-state index contributed by atoms with van der Waals surface area (Å²) in [5.74, 6) is 0.686. The van der Waals surface area contributed by atoms with Crippen LogP contribution in [0.4, 0.5) is 0 Å². The van der Waals surface area contributed by atoms with Crippen LogP contribution < -0.4 is 9.47 Å². The second-order valence-corrected chi connectivity index (χ2v) is 8.29. The summed E-state index contributed by atoms with van der Waals surface area (Å²) in [5, 5.41) is 11.4. The molecular weight excluding hydrogens is 418 g/mol. The lowest BCUT2D eigenvalue weighted by Gasteiger charge is -2.11. The highest BCUT2D eigenvalue weighted by Crippen LogP contribution is 2.32. The molecule has 0 atom stereocenters. The van der Waals surface area contributed by atoms with Gasteiger partial charge in [0.2, 0.25) is 0 Å². The Labute approximate surface area is 191 Å². The third-order valence-corrected chi connectivity index (χ3v) is 6.12. The maximum Gasteiger partial charge on any atom is 0.323 e. The molecule has 6 nitrogen and oxygen atoms in total. The number of hydrogen-bond acceptors (Lipinski definition) is 4. The molecule has 1 aliphatic rings. The van der Waals surface area contributed by atoms with Crippen molar-refractivity contribution in [2.24, 2.45) is 0 Å². The van der Waals surface area contributed by atoms with E-state index in [0.29, 0.717) is 31.1 Å². The van der Waals surface area contributed by atoms with Crippen molar-refractivity contribution in [2.45, 2.75) is 32.2 Å². The molecule has 3 aromatic carbocycles. The van der Waals surface area contributed by atoms with Crippen molar-refractivity contribution in [2.75, 3.05) is 13.2 Å². The summed E-state index contributed by atoms with van der Waals surface area (Å²) in [4.78, 5) is 23.5. The highest BCUT2D eigenvalue weighted by molar-refractivity contribution is 6.08. The minimum absolute atomic E-state index is 0.101. The zero-order valence-corrected chi connectivity index (χ0v) is 18.3. The number of Topliss-reactive ketones (excluding diaryl/α,β-unsaturated/α-hetero) is 1. The topological polar surface area (TPSA) is 77.8 Å². The Hall–Kier alpha value is -3.80. The molecular formula is C27H25NO5. The van der Waals surface area contributed by atoms with Crippen LogP contribution >= 0.6 is 0 Å². The summed E-state index contributed by atoms with van der Waals surface area (Å²) in [5.41, 5.74) is 3.58. The van der Waals surface area contributed by atoms with Gasteiger partial charge in [-0.15, -0.1) is 0 Å². The van der Waals surface area contributed by atoms with E-state index in [4.69, 9.17) is 9.47 Å². The van der Waals surface area contributed by atoms with Gasteiger partial charge in [-0.3, -0.25) is 9.59 Å². The number of hydrogen-bond donors (Lipinski definition) is 1. The number of unbranched alkanes of at least 4 members (excludes halogenated alkanes) is 1. The van der Waals surface area contributed by atoms with Crippen LogP contribution in [0.5, 0.6) is 11.5 Å². The van der Waals surface area contributed by atoms with Crippen LogP contribution in [0, 0.1) is 0 Å². The number of aromatic nitrogens is 1. The van der Waals surface area contributed by atoms with Crippen LogP contribution in [0.15, 0.2) is 60.7 Å². The van der Waals surface area contributed by atoms with Crippen LogP contribution in [-0.4, -0.2) is 34.6 Å². The minimum atomic E-state index is -0.880. The fourth-order valence-electron chi connectivity index (χ4n) is 4.60. The van der Waals surface area contributed by atoms with Crippen LogP contribution in [0.2, 0.25) is 0 Å². The van der Waals surface area contributed by atoms with E-state index in [0.717, 1.165) is 52.2 Å². The molecule has 0 unspecified atom stereocenters. The van der Waals surface area contributed by atoms with Gasteiger partial charge < -0.3 is 19.1 Å². The van der Waals surface area contributed by atoms with E-state index in [-0.39, 0.29) is 12.3 Å². The van der Waals surface area contributed by atoms with Crippen LogP contribution in [0.1, 0.15) is 35.2 Å². The van der Waals surface area contributed by atoms with Crippen molar-refractivity contribution in [3.05, 3.63) is 71.8 Å². The summed E-state index contributed by atoms with van der Waals surface area (Å²) in [7, 11) is 0. The highest BCUT2D eigenvalue weighted by Gasteiger charge is 2.23. The lowest BCUT2D eigenvalue weighted by atomic mass is 10.1. The molecule has 1 N–H and O–H groups in total. The average molecular weight is 443 g/mol. The van der Waals surface area contributed by atoms with Crippen LogP contribution in [-0.2, 0) is 17.8 Å². The van der Waals surface area contributed by atoms with E-state index in [1.165, 1.54) is 0 Å². The van der Waals surface area contributed by atoms with Crippen LogP contribution in [0.3, 0.4) is 0 Å². The molecule has 4 aromatic rings. The maximum atomic E-state index is 12.1. The summed E-state index contributed by atoms with van der Waals surface area (Å²) in [6, 6.07) is 19.4. The number of benzene rings is 3. The quantitative estimate of drug-likeness (QED) is 0.358. The third-order valence-electron chi connectivity index (χ3n) is 6.12. The number of carbonyl (C=O) groups is 2. The van der Waals surface area contributed by atoms with E-state index >= 15 is 0 Å². The predicted molar refractivity (Wildman–Crippen MR) is 126 cm³/mol. The Morgan fingerprint density at radius 1 is 0.879 bits per heavy atom. The van der Waals surface area contributed by atoms with E-state index in [1.807, 2.05) is 65.2 Å². The van der Waals surface area contributed by atoms with Gasteiger partial charge >= 0.3 is 5.97 Å². The number of aliphatic carboxylic acids is 1. The molecule has 0 radical (unpaired) electrons. The number of para-hydroxylation sites is 1. The average Bonchev–Trinajstić information content (AvgIpc) is 3.34. The SMILES string of the molecule is O=C(O)Cn1c2ccccc2c2ccc(OCCCCOc3cccc4c3C(=O)CC4)cc21. The van der Waals surface area contributed by atoms with Gasteiger partial charge in [0.25, 0.3) is 0 Å². The van der Waals surface area contributed by atoms with E-state index in [9.17, 15) is 14.7 Å². The number of aryl methyl sites for hydroxylation is 1. The second-order valence-electron chi connectivity index (χ2n) is 8.29.